The summed E-state index contributed by atoms with van der Waals surface area (Å²) in [5, 5.41) is 29.7. The van der Waals surface area contributed by atoms with Crippen molar-refractivity contribution in [3.8, 4) is 0 Å². The van der Waals surface area contributed by atoms with Crippen LogP contribution in [0.1, 0.15) is 27.7 Å². The van der Waals surface area contributed by atoms with Crippen molar-refractivity contribution in [2.45, 2.75) is 27.7 Å². The van der Waals surface area contributed by atoms with Crippen molar-refractivity contribution < 1.29 is 45.1 Å². The first-order valence-corrected chi connectivity index (χ1v) is 3.71. The van der Waals surface area contributed by atoms with E-state index in [1.807, 2.05) is 0 Å². The van der Waals surface area contributed by atoms with Crippen molar-refractivity contribution in [1.82, 2.24) is 30.8 Å². The lowest BCUT2D eigenvalue weighted by molar-refractivity contribution is -0.135. The van der Waals surface area contributed by atoms with E-state index in [9.17, 15) is 0 Å². The van der Waals surface area contributed by atoms with Crippen LogP contribution < -0.4 is 30.8 Å². The Morgan fingerprint density at radius 3 is 0.455 bits per heavy atom. The fourth-order valence-corrected chi connectivity index (χ4v) is 0. The Balaban J connectivity index is -0.00000001000. The van der Waals surface area contributed by atoms with Crippen molar-refractivity contribution in [1.29, 1.82) is 0 Å². The summed E-state index contributed by atoms with van der Waals surface area (Å²) in [6, 6.07) is 0. The van der Waals surface area contributed by atoms with Crippen LogP contribution in [0.3, 0.4) is 0 Å². The fourth-order valence-electron chi connectivity index (χ4n) is 0. The molecule has 0 saturated heterocycles. The van der Waals surface area contributed by atoms with Crippen molar-refractivity contribution >= 4 is 23.9 Å². The molecule has 0 bridgehead atoms. The van der Waals surface area contributed by atoms with Gasteiger partial charge in [0.15, 0.2) is 0 Å². The highest BCUT2D eigenvalue weighted by atomic mass is 16.4. The number of hydrogen-bond acceptors (Lipinski definition) is 9. The molecule has 22 heavy (non-hydrogen) atoms. The lowest BCUT2D eigenvalue weighted by Gasteiger charge is -1.59. The Labute approximate surface area is 128 Å². The highest BCUT2D eigenvalue weighted by Crippen LogP contribution is 1.43. The molecular formula is C8H33N5O9. The van der Waals surface area contributed by atoms with Gasteiger partial charge < -0.3 is 56.7 Å². The summed E-state index contributed by atoms with van der Waals surface area (Å²) in [7, 11) is 0. The second-order valence-electron chi connectivity index (χ2n) is 2.08. The molecule has 144 valence electrons. The molecule has 0 rings (SSSR count). The Morgan fingerprint density at radius 2 is 0.455 bits per heavy atom. The van der Waals surface area contributed by atoms with Crippen LogP contribution in [-0.2, 0) is 19.2 Å². The summed E-state index contributed by atoms with van der Waals surface area (Å²) in [5.74, 6) is -3.33. The van der Waals surface area contributed by atoms with Gasteiger partial charge in [-0.1, -0.05) is 0 Å². The van der Waals surface area contributed by atoms with Crippen molar-refractivity contribution in [3.63, 3.8) is 0 Å². The molecular weight excluding hydrogens is 310 g/mol. The summed E-state index contributed by atoms with van der Waals surface area (Å²) >= 11 is 0. The Hall–Kier alpha value is -2.36. The molecule has 0 spiro atoms. The summed E-state index contributed by atoms with van der Waals surface area (Å²) < 4.78 is 0. The lowest BCUT2D eigenvalue weighted by atomic mass is 10.9. The van der Waals surface area contributed by atoms with E-state index in [0.29, 0.717) is 0 Å². The van der Waals surface area contributed by atoms with E-state index in [-0.39, 0.29) is 36.2 Å². The van der Waals surface area contributed by atoms with Crippen LogP contribution >= 0.6 is 0 Å². The largest absolute Gasteiger partial charge is 0.481 e. The van der Waals surface area contributed by atoms with Crippen LogP contribution in [0.5, 0.6) is 0 Å². The molecule has 0 aliphatic heterocycles. The molecule has 0 fully saturated rings. The summed E-state index contributed by atoms with van der Waals surface area (Å²) in [4.78, 5) is 36.0. The molecule has 0 aromatic heterocycles. The first kappa shape index (κ1) is 73.4. The van der Waals surface area contributed by atoms with E-state index >= 15 is 0 Å². The summed E-state index contributed by atoms with van der Waals surface area (Å²) in [6.07, 6.45) is 0. The van der Waals surface area contributed by atoms with E-state index in [1.54, 1.807) is 0 Å². The molecule has 0 saturated carbocycles. The predicted octanol–water partition coefficient (Wildman–Crippen LogP) is 0.349. The number of aliphatic carboxylic acids is 4. The lowest BCUT2D eigenvalue weighted by Crippen LogP contribution is -1.78. The molecule has 0 aliphatic rings. The van der Waals surface area contributed by atoms with Crippen molar-refractivity contribution in [2.24, 2.45) is 0 Å². The minimum absolute atomic E-state index is 0. The van der Waals surface area contributed by atoms with Gasteiger partial charge in [-0.15, -0.1) is 0 Å². The third-order valence-corrected chi connectivity index (χ3v) is 0. The molecule has 0 heterocycles. The zero-order valence-electron chi connectivity index (χ0n) is 13.5. The smallest absolute Gasteiger partial charge is 0.300 e. The van der Waals surface area contributed by atoms with Crippen molar-refractivity contribution in [3.05, 3.63) is 0 Å². The van der Waals surface area contributed by atoms with E-state index < -0.39 is 23.9 Å². The monoisotopic (exact) mass is 343 g/mol. The van der Waals surface area contributed by atoms with Gasteiger partial charge >= 0.3 is 0 Å². The van der Waals surface area contributed by atoms with E-state index in [1.165, 1.54) is 0 Å². The zero-order chi connectivity index (χ0) is 14.3. The van der Waals surface area contributed by atoms with Gasteiger partial charge in [0.2, 0.25) is 0 Å². The minimum atomic E-state index is -0.833. The average molecular weight is 343 g/mol. The molecule has 0 unspecified atom stereocenters. The first-order valence-electron chi connectivity index (χ1n) is 3.71. The average Bonchev–Trinajstić information content (AvgIpc) is 1.76. The highest BCUT2D eigenvalue weighted by Gasteiger charge is 1.66. The third kappa shape index (κ3) is 877. The Bertz CT molecular complexity index is 174. The van der Waals surface area contributed by atoms with Crippen LogP contribution in [-0.4, -0.2) is 49.8 Å². The molecule has 0 atom stereocenters. The molecule has 14 heteroatoms. The van der Waals surface area contributed by atoms with Gasteiger partial charge in [-0.2, -0.15) is 0 Å². The maximum absolute atomic E-state index is 9.00. The van der Waals surface area contributed by atoms with Gasteiger partial charge in [0, 0.05) is 27.7 Å². The number of carboxylic acids is 4. The molecule has 0 aromatic rings. The van der Waals surface area contributed by atoms with Crippen LogP contribution in [0.4, 0.5) is 0 Å². The van der Waals surface area contributed by atoms with Crippen LogP contribution in [0.2, 0.25) is 0 Å². The molecule has 0 aromatic carbocycles. The second-order valence-corrected chi connectivity index (χ2v) is 2.08. The topological polar surface area (TPSA) is 356 Å². The minimum Gasteiger partial charge on any atom is -0.481 e. The van der Waals surface area contributed by atoms with E-state index in [0.717, 1.165) is 27.7 Å². The normalized spacial score (nSPS) is 4.55. The van der Waals surface area contributed by atoms with Gasteiger partial charge in [0.05, 0.1) is 0 Å². The van der Waals surface area contributed by atoms with Gasteiger partial charge in [0.25, 0.3) is 23.9 Å². The van der Waals surface area contributed by atoms with Crippen LogP contribution in [0, 0.1) is 0 Å². The van der Waals surface area contributed by atoms with E-state index in [2.05, 4.69) is 0 Å². The quantitative estimate of drug-likeness (QED) is 0.286. The summed E-state index contributed by atoms with van der Waals surface area (Å²) in [6.45, 7) is 4.33. The fraction of sp³-hybridized carbons (Fsp3) is 0.500. The SMILES string of the molecule is CC(=O)O.CC(=O)O.CC(=O)O.CC(=O)O.N.N.N.N.N.O. The van der Waals surface area contributed by atoms with E-state index in [4.69, 9.17) is 39.6 Å². The molecule has 0 radical (unpaired) electrons. The van der Waals surface area contributed by atoms with Crippen LogP contribution in [0.25, 0.3) is 0 Å². The first-order chi connectivity index (χ1) is 6.93. The number of carboxylic acid groups (broad SMARTS) is 4. The maximum atomic E-state index is 9.00. The molecule has 21 N–H and O–H groups in total. The standard InChI is InChI=1S/4C2H4O2.5H3N.H2O/c4*1-2(3)4;;;;;;/h4*1H3,(H,3,4);5*1H3;1H2. The van der Waals surface area contributed by atoms with Gasteiger partial charge in [-0.3, -0.25) is 19.2 Å². The number of hydrogen-bond donors (Lipinski definition) is 9. The molecule has 0 aliphatic carbocycles. The van der Waals surface area contributed by atoms with Gasteiger partial charge in [-0.25, -0.2) is 0 Å². The maximum Gasteiger partial charge on any atom is 0.300 e. The predicted molar refractivity (Wildman–Crippen MR) is 82.0 cm³/mol. The molecule has 0 amide bonds. The number of rotatable bonds is 0. The zero-order valence-corrected chi connectivity index (χ0v) is 13.5. The second kappa shape index (κ2) is 62.4. The van der Waals surface area contributed by atoms with Gasteiger partial charge in [-0.05, 0) is 0 Å². The summed E-state index contributed by atoms with van der Waals surface area (Å²) in [5.41, 5.74) is 0. The molecule has 14 nitrogen and oxygen atoms in total. The third-order valence-electron chi connectivity index (χ3n) is 0. The van der Waals surface area contributed by atoms with Crippen molar-refractivity contribution in [2.75, 3.05) is 0 Å². The van der Waals surface area contributed by atoms with Gasteiger partial charge in [0.1, 0.15) is 0 Å². The Morgan fingerprint density at radius 1 is 0.455 bits per heavy atom. The Kier molecular flexibility index (Phi) is 208. The highest BCUT2D eigenvalue weighted by molar-refractivity contribution is 5.63. The van der Waals surface area contributed by atoms with Crippen LogP contribution in [0.15, 0.2) is 0 Å². The number of carbonyl (C=O) groups is 4.